The number of carboxylic acid groups (broad SMARTS) is 1. The van der Waals surface area contributed by atoms with E-state index in [2.05, 4.69) is 20.7 Å². The third-order valence-corrected chi connectivity index (χ3v) is 5.12. The van der Waals surface area contributed by atoms with Crippen molar-refractivity contribution in [3.05, 3.63) is 28.2 Å². The zero-order valence-electron chi connectivity index (χ0n) is 10.5. The fourth-order valence-electron chi connectivity index (χ4n) is 1.93. The van der Waals surface area contributed by atoms with Gasteiger partial charge in [0.1, 0.15) is 0 Å². The summed E-state index contributed by atoms with van der Waals surface area (Å²) in [6.45, 7) is 0.842. The van der Waals surface area contributed by atoms with Crippen molar-refractivity contribution in [1.29, 1.82) is 0 Å². The molecule has 1 aromatic carbocycles. The Kier molecular flexibility index (Phi) is 4.79. The molecule has 6 nitrogen and oxygen atoms in total. The van der Waals surface area contributed by atoms with E-state index >= 15 is 0 Å². The largest absolute Gasteiger partial charge is 0.478 e. The normalized spacial score (nSPS) is 19.1. The standard InChI is InChI=1S/C12H14BrNO5S/c13-11-4-3-9(6-10(11)12(15)16)20(17,18)14-7-8-2-1-5-19-8/h3-4,6,8,14H,1-2,5,7H2,(H,15,16)/t8-/m0/s1. The van der Waals surface area contributed by atoms with Gasteiger partial charge in [-0.3, -0.25) is 0 Å². The smallest absolute Gasteiger partial charge is 0.336 e. The van der Waals surface area contributed by atoms with Gasteiger partial charge in [-0.25, -0.2) is 17.9 Å². The Morgan fingerprint density at radius 1 is 1.50 bits per heavy atom. The van der Waals surface area contributed by atoms with E-state index in [1.165, 1.54) is 12.1 Å². The van der Waals surface area contributed by atoms with Crippen LogP contribution in [0.1, 0.15) is 23.2 Å². The van der Waals surface area contributed by atoms with Crippen LogP contribution in [0, 0.1) is 0 Å². The molecule has 1 aliphatic rings. The molecule has 0 bridgehead atoms. The van der Waals surface area contributed by atoms with E-state index in [4.69, 9.17) is 9.84 Å². The molecule has 0 saturated carbocycles. The second-order valence-electron chi connectivity index (χ2n) is 4.43. The van der Waals surface area contributed by atoms with Gasteiger partial charge in [0.2, 0.25) is 10.0 Å². The van der Waals surface area contributed by atoms with Gasteiger partial charge < -0.3 is 9.84 Å². The Morgan fingerprint density at radius 3 is 2.85 bits per heavy atom. The lowest BCUT2D eigenvalue weighted by atomic mass is 10.2. The Balaban J connectivity index is 2.16. The molecule has 1 fully saturated rings. The van der Waals surface area contributed by atoms with Crippen molar-refractivity contribution in [2.24, 2.45) is 0 Å². The summed E-state index contributed by atoms with van der Waals surface area (Å²) in [6, 6.07) is 3.89. The first-order valence-corrected chi connectivity index (χ1v) is 8.32. The molecule has 0 radical (unpaired) electrons. The number of benzene rings is 1. The van der Waals surface area contributed by atoms with Crippen LogP contribution in [0.15, 0.2) is 27.6 Å². The van der Waals surface area contributed by atoms with Crippen molar-refractivity contribution in [3.63, 3.8) is 0 Å². The van der Waals surface area contributed by atoms with Gasteiger partial charge in [0.15, 0.2) is 0 Å². The summed E-state index contributed by atoms with van der Waals surface area (Å²) in [5.41, 5.74) is -0.0926. The molecule has 0 aromatic heterocycles. The number of halogens is 1. The van der Waals surface area contributed by atoms with Gasteiger partial charge in [-0.2, -0.15) is 0 Å². The Morgan fingerprint density at radius 2 is 2.25 bits per heavy atom. The lowest BCUT2D eigenvalue weighted by Crippen LogP contribution is -2.31. The molecule has 1 heterocycles. The minimum absolute atomic E-state index is 0.0731. The number of nitrogens with one attached hydrogen (secondary N) is 1. The fourth-order valence-corrected chi connectivity index (χ4v) is 3.44. The average Bonchev–Trinajstić information content (AvgIpc) is 2.89. The first kappa shape index (κ1) is 15.4. The Bertz CT molecular complexity index is 610. The van der Waals surface area contributed by atoms with Crippen molar-refractivity contribution < 1.29 is 23.1 Å². The van der Waals surface area contributed by atoms with Crippen molar-refractivity contribution in [1.82, 2.24) is 4.72 Å². The van der Waals surface area contributed by atoms with Crippen LogP contribution in [0.2, 0.25) is 0 Å². The number of ether oxygens (including phenoxy) is 1. The van der Waals surface area contributed by atoms with Gasteiger partial charge in [-0.1, -0.05) is 0 Å². The zero-order valence-corrected chi connectivity index (χ0v) is 12.9. The summed E-state index contributed by atoms with van der Waals surface area (Å²) in [5.74, 6) is -1.19. The highest BCUT2D eigenvalue weighted by atomic mass is 79.9. The van der Waals surface area contributed by atoms with E-state index in [9.17, 15) is 13.2 Å². The monoisotopic (exact) mass is 363 g/mol. The number of hydrogen-bond acceptors (Lipinski definition) is 4. The van der Waals surface area contributed by atoms with Crippen LogP contribution >= 0.6 is 15.9 Å². The average molecular weight is 364 g/mol. The minimum Gasteiger partial charge on any atom is -0.478 e. The summed E-state index contributed by atoms with van der Waals surface area (Å²) in [7, 11) is -3.73. The van der Waals surface area contributed by atoms with Crippen molar-refractivity contribution in [2.45, 2.75) is 23.8 Å². The molecule has 20 heavy (non-hydrogen) atoms. The molecule has 0 unspecified atom stereocenters. The Labute approximate surface area is 125 Å². The Hall–Kier alpha value is -0.960. The number of sulfonamides is 1. The summed E-state index contributed by atoms with van der Waals surface area (Å²) in [6.07, 6.45) is 1.64. The summed E-state index contributed by atoms with van der Waals surface area (Å²) in [4.78, 5) is 10.9. The third-order valence-electron chi connectivity index (χ3n) is 3.00. The van der Waals surface area contributed by atoms with Gasteiger partial charge in [-0.05, 0) is 47.0 Å². The van der Waals surface area contributed by atoms with Crippen LogP contribution in [0.5, 0.6) is 0 Å². The van der Waals surface area contributed by atoms with Crippen LogP contribution in [-0.2, 0) is 14.8 Å². The SMILES string of the molecule is O=C(O)c1cc(S(=O)(=O)NC[C@@H]2CCCO2)ccc1Br. The van der Waals surface area contributed by atoms with Crippen LogP contribution in [0.3, 0.4) is 0 Å². The van der Waals surface area contributed by atoms with Gasteiger partial charge in [0.25, 0.3) is 0 Å². The molecule has 0 spiro atoms. The molecule has 1 aromatic rings. The first-order chi connectivity index (χ1) is 9.40. The number of rotatable bonds is 5. The molecule has 1 saturated heterocycles. The van der Waals surface area contributed by atoms with Crippen LogP contribution in [0.25, 0.3) is 0 Å². The molecule has 110 valence electrons. The van der Waals surface area contributed by atoms with E-state index in [0.717, 1.165) is 18.9 Å². The predicted molar refractivity (Wildman–Crippen MR) is 75.3 cm³/mol. The highest BCUT2D eigenvalue weighted by molar-refractivity contribution is 9.10. The number of aromatic carboxylic acids is 1. The maximum atomic E-state index is 12.1. The molecule has 1 atom stereocenters. The maximum absolute atomic E-state index is 12.1. The van der Waals surface area contributed by atoms with Gasteiger partial charge in [-0.15, -0.1) is 0 Å². The van der Waals surface area contributed by atoms with Crippen molar-refractivity contribution in [2.75, 3.05) is 13.2 Å². The second kappa shape index (κ2) is 6.21. The van der Waals surface area contributed by atoms with E-state index in [1.54, 1.807) is 0 Å². The molecule has 0 amide bonds. The molecule has 2 N–H and O–H groups in total. The number of carboxylic acids is 1. The van der Waals surface area contributed by atoms with Gasteiger partial charge >= 0.3 is 5.97 Å². The van der Waals surface area contributed by atoms with E-state index in [-0.39, 0.29) is 23.1 Å². The third kappa shape index (κ3) is 3.57. The summed E-state index contributed by atoms with van der Waals surface area (Å²) >= 11 is 3.07. The number of hydrogen-bond donors (Lipinski definition) is 2. The maximum Gasteiger partial charge on any atom is 0.336 e. The van der Waals surface area contributed by atoms with Crippen LogP contribution in [0.4, 0.5) is 0 Å². The molecular formula is C12H14BrNO5S. The highest BCUT2D eigenvalue weighted by Gasteiger charge is 2.21. The quantitative estimate of drug-likeness (QED) is 0.828. The van der Waals surface area contributed by atoms with Gasteiger partial charge in [0, 0.05) is 17.6 Å². The van der Waals surface area contributed by atoms with Crippen LogP contribution < -0.4 is 4.72 Å². The molecule has 1 aliphatic heterocycles. The number of carbonyl (C=O) groups is 1. The van der Waals surface area contributed by atoms with E-state index < -0.39 is 16.0 Å². The van der Waals surface area contributed by atoms with Gasteiger partial charge in [0.05, 0.1) is 16.6 Å². The predicted octanol–water partition coefficient (Wildman–Crippen LogP) is 1.60. The van der Waals surface area contributed by atoms with Crippen LogP contribution in [-0.4, -0.2) is 38.7 Å². The molecule has 0 aliphatic carbocycles. The first-order valence-electron chi connectivity index (χ1n) is 6.04. The summed E-state index contributed by atoms with van der Waals surface area (Å²) < 4.78 is 32.3. The highest BCUT2D eigenvalue weighted by Crippen LogP contribution is 2.21. The molecule has 8 heteroatoms. The van der Waals surface area contributed by atoms with Crippen molar-refractivity contribution >= 4 is 31.9 Å². The molecule has 2 rings (SSSR count). The van der Waals surface area contributed by atoms with E-state index in [0.29, 0.717) is 11.1 Å². The van der Waals surface area contributed by atoms with Crippen molar-refractivity contribution in [3.8, 4) is 0 Å². The zero-order chi connectivity index (χ0) is 14.8. The topological polar surface area (TPSA) is 92.7 Å². The second-order valence-corrected chi connectivity index (χ2v) is 7.06. The minimum atomic E-state index is -3.73. The molecular weight excluding hydrogens is 350 g/mol. The summed E-state index contributed by atoms with van der Waals surface area (Å²) in [5, 5.41) is 8.99. The lowest BCUT2D eigenvalue weighted by molar-refractivity contribution is 0.0695. The fraction of sp³-hybridized carbons (Fsp3) is 0.417. The lowest BCUT2D eigenvalue weighted by Gasteiger charge is -2.12. The van der Waals surface area contributed by atoms with E-state index in [1.807, 2.05) is 0 Å².